The van der Waals surface area contributed by atoms with Crippen molar-refractivity contribution in [1.82, 2.24) is 34.1 Å². The number of nitrogens with zero attached hydrogens (tertiary/aromatic N) is 7. The molecule has 0 spiro atoms. The molecule has 0 bridgehead atoms. The fourth-order valence-electron chi connectivity index (χ4n) is 4.45. The third-order valence-electron chi connectivity index (χ3n) is 6.20. The molecule has 2 aliphatic rings. The number of hydrogen-bond donors (Lipinski definition) is 1. The number of fused-ring (bicyclic) bond motifs is 1. The monoisotopic (exact) mass is 528 g/mol. The number of aryl methyl sites for hydroxylation is 2. The minimum Gasteiger partial charge on any atom is -0.356 e. The van der Waals surface area contributed by atoms with Crippen molar-refractivity contribution in [2.75, 3.05) is 26.7 Å². The van der Waals surface area contributed by atoms with E-state index >= 15 is 0 Å². The highest BCUT2D eigenvalue weighted by Crippen LogP contribution is 2.27. The van der Waals surface area contributed by atoms with E-state index in [4.69, 9.17) is 0 Å². The topological polar surface area (TPSA) is 85.3 Å². The highest BCUT2D eigenvalue weighted by Gasteiger charge is 2.28. The number of guanidine groups is 1. The predicted octanol–water partition coefficient (Wildman–Crippen LogP) is 1.74. The molecule has 1 fully saturated rings. The van der Waals surface area contributed by atoms with Crippen LogP contribution in [-0.4, -0.2) is 61.4 Å². The molecule has 1 saturated heterocycles. The van der Waals surface area contributed by atoms with Crippen molar-refractivity contribution in [2.24, 2.45) is 10.9 Å². The zero-order valence-electron chi connectivity index (χ0n) is 17.9. The molecule has 0 saturated carbocycles. The Labute approximate surface area is 194 Å². The lowest BCUT2D eigenvalue weighted by Crippen LogP contribution is -2.49. The number of hydrogen-bond acceptors (Lipinski definition) is 4. The number of likely N-dealkylation sites (tertiary alicyclic amines) is 1. The van der Waals surface area contributed by atoms with Gasteiger partial charge in [0.25, 0.3) is 0 Å². The van der Waals surface area contributed by atoms with Gasteiger partial charge in [-0.05, 0) is 31.6 Å². The molecule has 0 aliphatic carbocycles. The second-order valence-corrected chi connectivity index (χ2v) is 8.15. The van der Waals surface area contributed by atoms with Crippen LogP contribution in [-0.2, 0) is 19.5 Å². The fraction of sp³-hybridized carbons (Fsp3) is 0.700. The number of piperidine rings is 1. The van der Waals surface area contributed by atoms with E-state index in [2.05, 4.69) is 36.8 Å². The molecule has 9 nitrogen and oxygen atoms in total. The standard InChI is InChI=1S/C20H32N8O.HI/c1-16-7-12-25(14-17(16)26-13-9-22-15-26)19(21-2)23-8-5-11-28-20(29)27-10-4-3-6-18(27)24-28;/h9,13,15-17H,3-8,10-12,14H2,1-2H3,(H,21,23);1H. The molecule has 1 N–H and O–H groups in total. The van der Waals surface area contributed by atoms with Crippen LogP contribution in [0.4, 0.5) is 0 Å². The van der Waals surface area contributed by atoms with Gasteiger partial charge in [-0.3, -0.25) is 9.56 Å². The third-order valence-corrected chi connectivity index (χ3v) is 6.20. The first-order valence-corrected chi connectivity index (χ1v) is 10.8. The van der Waals surface area contributed by atoms with Gasteiger partial charge in [0.2, 0.25) is 0 Å². The average molecular weight is 528 g/mol. The summed E-state index contributed by atoms with van der Waals surface area (Å²) in [6.45, 7) is 6.44. The first kappa shape index (κ1) is 22.8. The summed E-state index contributed by atoms with van der Waals surface area (Å²) in [7, 11) is 1.83. The second-order valence-electron chi connectivity index (χ2n) is 8.15. The van der Waals surface area contributed by atoms with Gasteiger partial charge in [0, 0.05) is 58.6 Å². The van der Waals surface area contributed by atoms with Crippen LogP contribution >= 0.6 is 24.0 Å². The summed E-state index contributed by atoms with van der Waals surface area (Å²) in [5, 5.41) is 7.99. The molecular weight excluding hydrogens is 495 g/mol. The molecule has 2 atom stereocenters. The molecule has 10 heteroatoms. The molecule has 0 aromatic carbocycles. The summed E-state index contributed by atoms with van der Waals surface area (Å²) < 4.78 is 5.67. The highest BCUT2D eigenvalue weighted by molar-refractivity contribution is 14.0. The molecule has 2 aromatic heterocycles. The van der Waals surface area contributed by atoms with Crippen LogP contribution in [0.1, 0.15) is 44.5 Å². The van der Waals surface area contributed by atoms with Crippen LogP contribution in [0.5, 0.6) is 0 Å². The Balaban J connectivity index is 0.00000256. The molecule has 0 radical (unpaired) electrons. The molecule has 2 unspecified atom stereocenters. The van der Waals surface area contributed by atoms with E-state index in [0.717, 1.165) is 70.1 Å². The minimum atomic E-state index is 0. The van der Waals surface area contributed by atoms with Crippen LogP contribution in [0.2, 0.25) is 0 Å². The third kappa shape index (κ3) is 4.89. The van der Waals surface area contributed by atoms with Crippen molar-refractivity contribution in [3.8, 4) is 0 Å². The second kappa shape index (κ2) is 10.5. The number of nitrogens with one attached hydrogen (secondary N) is 1. The smallest absolute Gasteiger partial charge is 0.345 e. The van der Waals surface area contributed by atoms with Crippen molar-refractivity contribution < 1.29 is 0 Å². The van der Waals surface area contributed by atoms with E-state index in [0.29, 0.717) is 18.5 Å². The molecule has 0 amide bonds. The summed E-state index contributed by atoms with van der Waals surface area (Å²) in [5.74, 6) is 2.48. The lowest BCUT2D eigenvalue weighted by molar-refractivity contribution is 0.189. The van der Waals surface area contributed by atoms with Gasteiger partial charge < -0.3 is 14.8 Å². The Kier molecular flexibility index (Phi) is 7.95. The first-order valence-electron chi connectivity index (χ1n) is 10.8. The Morgan fingerprint density at radius 3 is 2.93 bits per heavy atom. The lowest BCUT2D eigenvalue weighted by atomic mass is 9.93. The van der Waals surface area contributed by atoms with Gasteiger partial charge in [-0.25, -0.2) is 14.5 Å². The fourth-order valence-corrected chi connectivity index (χ4v) is 4.45. The summed E-state index contributed by atoms with van der Waals surface area (Å²) in [6, 6.07) is 0.403. The summed E-state index contributed by atoms with van der Waals surface area (Å²) in [6.07, 6.45) is 10.9. The number of aromatic nitrogens is 5. The molecule has 2 aliphatic heterocycles. The summed E-state index contributed by atoms with van der Waals surface area (Å²) in [4.78, 5) is 23.4. The van der Waals surface area contributed by atoms with Crippen LogP contribution in [0, 0.1) is 5.92 Å². The number of rotatable bonds is 5. The Morgan fingerprint density at radius 2 is 2.20 bits per heavy atom. The number of imidazole rings is 1. The van der Waals surface area contributed by atoms with Crippen molar-refractivity contribution in [3.63, 3.8) is 0 Å². The van der Waals surface area contributed by atoms with Crippen molar-refractivity contribution in [1.29, 1.82) is 0 Å². The Morgan fingerprint density at radius 1 is 1.33 bits per heavy atom. The van der Waals surface area contributed by atoms with E-state index in [1.165, 1.54) is 0 Å². The first-order chi connectivity index (χ1) is 14.2. The molecule has 4 heterocycles. The zero-order valence-corrected chi connectivity index (χ0v) is 20.2. The van der Waals surface area contributed by atoms with Gasteiger partial charge in [-0.15, -0.1) is 24.0 Å². The minimum absolute atomic E-state index is 0. The maximum atomic E-state index is 12.4. The van der Waals surface area contributed by atoms with Crippen LogP contribution < -0.4 is 11.0 Å². The summed E-state index contributed by atoms with van der Waals surface area (Å²) >= 11 is 0. The molecule has 4 rings (SSSR count). The van der Waals surface area contributed by atoms with Gasteiger partial charge in [-0.1, -0.05) is 6.92 Å². The van der Waals surface area contributed by atoms with Crippen molar-refractivity contribution >= 4 is 29.9 Å². The van der Waals surface area contributed by atoms with E-state index < -0.39 is 0 Å². The Bertz CT molecular complexity index is 887. The van der Waals surface area contributed by atoms with Gasteiger partial charge in [0.15, 0.2) is 5.96 Å². The maximum absolute atomic E-state index is 12.4. The predicted molar refractivity (Wildman–Crippen MR) is 127 cm³/mol. The SMILES string of the molecule is CN=C(NCCCn1nc2n(c1=O)CCCC2)N1CCC(C)C(n2ccnc2)C1.I. The van der Waals surface area contributed by atoms with Crippen molar-refractivity contribution in [2.45, 2.75) is 58.2 Å². The van der Waals surface area contributed by atoms with E-state index in [1.807, 2.05) is 30.3 Å². The highest BCUT2D eigenvalue weighted by atomic mass is 127. The normalized spacial score (nSPS) is 21.8. The molecular formula is C20H33IN8O. The van der Waals surface area contributed by atoms with E-state index in [1.54, 1.807) is 4.68 Å². The molecule has 166 valence electrons. The van der Waals surface area contributed by atoms with Gasteiger partial charge in [-0.2, -0.15) is 5.10 Å². The van der Waals surface area contributed by atoms with Gasteiger partial charge in [0.05, 0.1) is 12.4 Å². The van der Waals surface area contributed by atoms with Gasteiger partial charge in [0.1, 0.15) is 5.82 Å². The lowest BCUT2D eigenvalue weighted by Gasteiger charge is -2.39. The van der Waals surface area contributed by atoms with E-state index in [9.17, 15) is 4.79 Å². The summed E-state index contributed by atoms with van der Waals surface area (Å²) in [5.41, 5.74) is 0.0391. The zero-order chi connectivity index (χ0) is 20.2. The quantitative estimate of drug-likeness (QED) is 0.277. The molecule has 2 aromatic rings. The number of aliphatic imine (C=N–C) groups is 1. The van der Waals surface area contributed by atoms with Crippen LogP contribution in [0.25, 0.3) is 0 Å². The van der Waals surface area contributed by atoms with Crippen LogP contribution in [0.15, 0.2) is 28.5 Å². The van der Waals surface area contributed by atoms with Crippen molar-refractivity contribution in [3.05, 3.63) is 35.0 Å². The van der Waals surface area contributed by atoms with Gasteiger partial charge >= 0.3 is 5.69 Å². The maximum Gasteiger partial charge on any atom is 0.345 e. The average Bonchev–Trinajstić information content (AvgIpc) is 3.38. The number of halogens is 1. The van der Waals surface area contributed by atoms with E-state index in [-0.39, 0.29) is 29.7 Å². The molecule has 30 heavy (non-hydrogen) atoms. The Hall–Kier alpha value is -1.85. The largest absolute Gasteiger partial charge is 0.356 e. The van der Waals surface area contributed by atoms with Crippen LogP contribution in [0.3, 0.4) is 0 Å².